The number of imidazole rings is 1. The van der Waals surface area contributed by atoms with Crippen molar-refractivity contribution in [2.75, 3.05) is 0 Å². The number of H-pyrrole nitrogens is 1. The molecule has 6 nitrogen and oxygen atoms in total. The van der Waals surface area contributed by atoms with E-state index in [0.29, 0.717) is 42.9 Å². The maximum absolute atomic E-state index is 11.6. The lowest BCUT2D eigenvalue weighted by molar-refractivity contribution is -0.115. The Morgan fingerprint density at radius 2 is 1.96 bits per heavy atom. The van der Waals surface area contributed by atoms with Gasteiger partial charge in [0.2, 0.25) is 0 Å². The van der Waals surface area contributed by atoms with Crippen LogP contribution in [0.15, 0.2) is 32.0 Å². The van der Waals surface area contributed by atoms with Gasteiger partial charge in [0, 0.05) is 6.08 Å². The van der Waals surface area contributed by atoms with Gasteiger partial charge in [-0.2, -0.15) is 0 Å². The van der Waals surface area contributed by atoms with Gasteiger partial charge in [-0.25, -0.2) is 4.98 Å². The van der Waals surface area contributed by atoms with E-state index in [4.69, 9.17) is 27.6 Å². The summed E-state index contributed by atoms with van der Waals surface area (Å²) in [5.74, 6) is 0.886. The highest BCUT2D eigenvalue weighted by Gasteiger charge is 2.26. The molecule has 2 aromatic heterocycles. The van der Waals surface area contributed by atoms with Gasteiger partial charge in [0.05, 0.1) is 30.5 Å². The number of thioether (sulfide) groups is 1. The molecule has 0 bridgehead atoms. The van der Waals surface area contributed by atoms with Crippen molar-refractivity contribution >= 4 is 79.1 Å². The Morgan fingerprint density at radius 3 is 2.68 bits per heavy atom. The van der Waals surface area contributed by atoms with E-state index < -0.39 is 11.1 Å². The molecule has 0 unspecified atom stereocenters. The molecule has 1 aliphatic rings. The molecule has 10 heteroatoms. The van der Waals surface area contributed by atoms with Crippen LogP contribution in [0.3, 0.4) is 0 Å². The minimum Gasteiger partial charge on any atom is -0.452 e. The summed E-state index contributed by atoms with van der Waals surface area (Å²) in [5, 5.41) is 2.61. The van der Waals surface area contributed by atoms with Gasteiger partial charge in [0.1, 0.15) is 5.76 Å². The fourth-order valence-corrected chi connectivity index (χ4v) is 3.76. The lowest BCUT2D eigenvalue weighted by atomic mass is 10.3. The first-order valence-corrected chi connectivity index (χ1v) is 9.16. The minimum atomic E-state index is -0.447. The number of carbonyl (C=O) groups excluding carboxylic acids is 2. The first kappa shape index (κ1) is 16.7. The second-order valence-electron chi connectivity index (χ2n) is 5.05. The standard InChI is InChI=1S/C15H6BrCl2N3O3S/c16-6-1-5(2-11-14(22)21-15(23)25-11)24-12(6)13-19-9-3-7(17)8(18)4-10(9)20-13/h1-4H,(H,19,20)(H,21,22,23). The van der Waals surface area contributed by atoms with Crippen molar-refractivity contribution in [2.45, 2.75) is 0 Å². The molecule has 0 aliphatic carbocycles. The molecule has 0 saturated carbocycles. The maximum atomic E-state index is 11.6. The second-order valence-corrected chi connectivity index (χ2v) is 7.73. The second kappa shape index (κ2) is 6.21. The smallest absolute Gasteiger partial charge is 0.290 e. The highest BCUT2D eigenvalue weighted by molar-refractivity contribution is 9.10. The summed E-state index contributed by atoms with van der Waals surface area (Å²) >= 11 is 16.2. The largest absolute Gasteiger partial charge is 0.452 e. The van der Waals surface area contributed by atoms with Gasteiger partial charge >= 0.3 is 0 Å². The van der Waals surface area contributed by atoms with Crippen molar-refractivity contribution in [3.8, 4) is 11.6 Å². The quantitative estimate of drug-likeness (QED) is 0.514. The molecular formula is C15H6BrCl2N3O3S. The third-order valence-electron chi connectivity index (χ3n) is 3.36. The SMILES string of the molecule is O=C1NC(=O)C(=Cc2cc(Br)c(-c3nc4cc(Cl)c(Cl)cc4[nH]3)o2)S1. The number of amides is 2. The van der Waals surface area contributed by atoms with E-state index in [1.165, 1.54) is 6.08 Å². The van der Waals surface area contributed by atoms with Crippen molar-refractivity contribution in [3.05, 3.63) is 43.4 Å². The van der Waals surface area contributed by atoms with Crippen LogP contribution in [0.5, 0.6) is 0 Å². The summed E-state index contributed by atoms with van der Waals surface area (Å²) in [6.45, 7) is 0. The first-order chi connectivity index (χ1) is 11.9. The molecule has 1 aliphatic heterocycles. The third kappa shape index (κ3) is 3.10. The number of furan rings is 1. The van der Waals surface area contributed by atoms with Crippen LogP contribution < -0.4 is 5.32 Å². The zero-order valence-corrected chi connectivity index (χ0v) is 15.9. The number of nitrogens with one attached hydrogen (secondary N) is 2. The number of rotatable bonds is 2. The lowest BCUT2D eigenvalue weighted by Gasteiger charge is -1.93. The average molecular weight is 459 g/mol. The molecule has 1 saturated heterocycles. The Morgan fingerprint density at radius 1 is 1.20 bits per heavy atom. The van der Waals surface area contributed by atoms with Gasteiger partial charge in [-0.05, 0) is 45.9 Å². The topological polar surface area (TPSA) is 88.0 Å². The number of hydrogen-bond acceptors (Lipinski definition) is 5. The van der Waals surface area contributed by atoms with E-state index in [0.717, 1.165) is 11.8 Å². The fraction of sp³-hybridized carbons (Fsp3) is 0. The average Bonchev–Trinajstić information content (AvgIpc) is 3.18. The first-order valence-electron chi connectivity index (χ1n) is 6.80. The molecule has 0 atom stereocenters. The molecule has 1 fully saturated rings. The van der Waals surface area contributed by atoms with Crippen molar-refractivity contribution in [1.29, 1.82) is 0 Å². The van der Waals surface area contributed by atoms with Crippen LogP contribution in [0.4, 0.5) is 4.79 Å². The molecule has 3 heterocycles. The number of nitrogens with zero attached hydrogens (tertiary/aromatic N) is 1. The van der Waals surface area contributed by atoms with Gasteiger partial charge in [-0.15, -0.1) is 0 Å². The summed E-state index contributed by atoms with van der Waals surface area (Å²) in [6, 6.07) is 5.02. The lowest BCUT2D eigenvalue weighted by Crippen LogP contribution is -2.17. The van der Waals surface area contributed by atoms with Gasteiger partial charge in [0.15, 0.2) is 11.6 Å². The van der Waals surface area contributed by atoms with Gasteiger partial charge in [-0.1, -0.05) is 23.2 Å². The summed E-state index contributed by atoms with van der Waals surface area (Å²) < 4.78 is 6.39. The van der Waals surface area contributed by atoms with E-state index in [1.807, 2.05) is 0 Å². The van der Waals surface area contributed by atoms with Gasteiger partial charge in [-0.3, -0.25) is 14.9 Å². The van der Waals surface area contributed by atoms with Crippen LogP contribution in [0, 0.1) is 0 Å². The van der Waals surface area contributed by atoms with Crippen molar-refractivity contribution in [1.82, 2.24) is 15.3 Å². The predicted molar refractivity (Wildman–Crippen MR) is 101 cm³/mol. The van der Waals surface area contributed by atoms with Crippen LogP contribution in [0.1, 0.15) is 5.76 Å². The van der Waals surface area contributed by atoms with Crippen LogP contribution >= 0.6 is 50.9 Å². The molecular weight excluding hydrogens is 453 g/mol. The van der Waals surface area contributed by atoms with Gasteiger partial charge < -0.3 is 9.40 Å². The van der Waals surface area contributed by atoms with E-state index in [2.05, 4.69) is 31.2 Å². The van der Waals surface area contributed by atoms with Crippen molar-refractivity contribution in [3.63, 3.8) is 0 Å². The molecule has 2 amide bonds. The monoisotopic (exact) mass is 457 g/mol. The molecule has 0 radical (unpaired) electrons. The van der Waals surface area contributed by atoms with E-state index in [1.54, 1.807) is 18.2 Å². The molecule has 126 valence electrons. The highest BCUT2D eigenvalue weighted by atomic mass is 79.9. The molecule has 25 heavy (non-hydrogen) atoms. The van der Waals surface area contributed by atoms with E-state index in [-0.39, 0.29) is 4.91 Å². The highest BCUT2D eigenvalue weighted by Crippen LogP contribution is 2.35. The van der Waals surface area contributed by atoms with Crippen LogP contribution in [0.2, 0.25) is 10.0 Å². The third-order valence-corrected chi connectivity index (χ3v) is 5.48. The summed E-state index contributed by atoms with van der Waals surface area (Å²) in [7, 11) is 0. The van der Waals surface area contributed by atoms with E-state index >= 15 is 0 Å². The predicted octanol–water partition coefficient (Wildman–Crippen LogP) is 5.22. The Labute approximate surface area is 163 Å². The van der Waals surface area contributed by atoms with Crippen LogP contribution in [0.25, 0.3) is 28.7 Å². The number of benzene rings is 1. The summed E-state index contributed by atoms with van der Waals surface area (Å²) in [5.41, 5.74) is 1.35. The minimum absolute atomic E-state index is 0.265. The summed E-state index contributed by atoms with van der Waals surface area (Å²) in [4.78, 5) is 30.6. The maximum Gasteiger partial charge on any atom is 0.290 e. The van der Waals surface area contributed by atoms with Gasteiger partial charge in [0.25, 0.3) is 11.1 Å². The molecule has 3 aromatic rings. The van der Waals surface area contributed by atoms with Crippen LogP contribution in [-0.4, -0.2) is 21.1 Å². The number of imide groups is 1. The molecule has 2 N–H and O–H groups in total. The number of aromatic amines is 1. The number of fused-ring (bicyclic) bond motifs is 1. The zero-order valence-electron chi connectivity index (χ0n) is 12.0. The summed E-state index contributed by atoms with van der Waals surface area (Å²) in [6.07, 6.45) is 1.50. The Balaban J connectivity index is 1.74. The Bertz CT molecular complexity index is 1050. The molecule has 1 aromatic carbocycles. The van der Waals surface area contributed by atoms with Crippen molar-refractivity contribution in [2.24, 2.45) is 0 Å². The van der Waals surface area contributed by atoms with Crippen LogP contribution in [-0.2, 0) is 4.79 Å². The zero-order chi connectivity index (χ0) is 17.7. The molecule has 0 spiro atoms. The number of carbonyl (C=O) groups is 2. The molecule has 4 rings (SSSR count). The Kier molecular flexibility index (Phi) is 4.15. The normalized spacial score (nSPS) is 16.2. The number of hydrogen-bond donors (Lipinski definition) is 2. The van der Waals surface area contributed by atoms with Crippen molar-refractivity contribution < 1.29 is 14.0 Å². The number of halogens is 3. The number of aromatic nitrogens is 2. The fourth-order valence-electron chi connectivity index (χ4n) is 2.28. The van der Waals surface area contributed by atoms with E-state index in [9.17, 15) is 9.59 Å². The Hall–Kier alpha value is -1.74.